The first-order valence-corrected chi connectivity index (χ1v) is 11.5. The van der Waals surface area contributed by atoms with Crippen LogP contribution in [0, 0.1) is 11.2 Å². The van der Waals surface area contributed by atoms with Crippen molar-refractivity contribution in [3.05, 3.63) is 30.1 Å². The summed E-state index contributed by atoms with van der Waals surface area (Å²) in [5.74, 6) is -0.545. The van der Waals surface area contributed by atoms with Crippen LogP contribution >= 0.6 is 0 Å². The minimum atomic E-state index is -3.92. The Bertz CT molecular complexity index is 856. The van der Waals surface area contributed by atoms with Gasteiger partial charge in [-0.05, 0) is 57.8 Å². The van der Waals surface area contributed by atoms with E-state index in [0.717, 1.165) is 38.9 Å². The highest BCUT2D eigenvalue weighted by atomic mass is 32.2. The molecular weight excluding hydrogens is 381 g/mol. The van der Waals surface area contributed by atoms with Gasteiger partial charge in [-0.1, -0.05) is 12.1 Å². The highest BCUT2D eigenvalue weighted by Gasteiger charge is 2.54. The molecule has 154 valence electrons. The molecule has 3 heterocycles. The zero-order valence-corrected chi connectivity index (χ0v) is 17.1. The summed E-state index contributed by atoms with van der Waals surface area (Å²) in [6, 6.07) is 5.54. The summed E-state index contributed by atoms with van der Waals surface area (Å²) >= 11 is 0. The minimum Gasteiger partial charge on any atom is -0.342 e. The first-order chi connectivity index (χ1) is 13.4. The quantitative estimate of drug-likeness (QED) is 0.765. The number of carbonyl (C=O) groups excluding carboxylic acids is 1. The lowest BCUT2D eigenvalue weighted by molar-refractivity contribution is -0.142. The van der Waals surface area contributed by atoms with Gasteiger partial charge in [0, 0.05) is 32.2 Å². The van der Waals surface area contributed by atoms with Crippen LogP contribution in [-0.4, -0.2) is 74.2 Å². The molecule has 0 saturated carbocycles. The molecule has 3 saturated heterocycles. The minimum absolute atomic E-state index is 0.0291. The Morgan fingerprint density at radius 2 is 1.75 bits per heavy atom. The molecule has 28 heavy (non-hydrogen) atoms. The molecule has 1 amide bonds. The molecule has 3 fully saturated rings. The third-order valence-corrected chi connectivity index (χ3v) is 8.75. The van der Waals surface area contributed by atoms with Gasteiger partial charge in [-0.25, -0.2) is 12.8 Å². The monoisotopic (exact) mass is 409 g/mol. The number of carbonyl (C=O) groups is 1. The molecule has 3 aliphatic heterocycles. The number of halogens is 1. The van der Waals surface area contributed by atoms with Crippen molar-refractivity contribution in [2.75, 3.05) is 39.8 Å². The van der Waals surface area contributed by atoms with Crippen molar-refractivity contribution in [1.82, 2.24) is 14.1 Å². The molecule has 0 aliphatic carbocycles. The van der Waals surface area contributed by atoms with Crippen molar-refractivity contribution >= 4 is 15.9 Å². The Morgan fingerprint density at radius 3 is 2.46 bits per heavy atom. The van der Waals surface area contributed by atoms with Crippen LogP contribution in [0.4, 0.5) is 4.39 Å². The Hall–Kier alpha value is -1.51. The summed E-state index contributed by atoms with van der Waals surface area (Å²) in [5.41, 5.74) is -0.529. The number of amides is 1. The molecule has 0 aromatic heterocycles. The number of fused-ring (bicyclic) bond motifs is 1. The molecule has 1 aromatic rings. The van der Waals surface area contributed by atoms with Gasteiger partial charge in [0.1, 0.15) is 10.7 Å². The van der Waals surface area contributed by atoms with Crippen LogP contribution in [0.15, 0.2) is 29.2 Å². The van der Waals surface area contributed by atoms with E-state index in [0.29, 0.717) is 19.4 Å². The zero-order valence-electron chi connectivity index (χ0n) is 16.3. The molecular formula is C20H28FN3O3S. The maximum absolute atomic E-state index is 14.2. The first-order valence-electron chi connectivity index (χ1n) is 10.1. The molecule has 0 unspecified atom stereocenters. The SMILES string of the molecule is CN1CC[C@@]2(C(=O)N3CCCC3)CCN(S(=O)(=O)c3ccccc3F)CC[C@@H]12. The maximum atomic E-state index is 14.2. The lowest BCUT2D eigenvalue weighted by Gasteiger charge is -2.37. The van der Waals surface area contributed by atoms with E-state index in [9.17, 15) is 17.6 Å². The number of rotatable bonds is 3. The van der Waals surface area contributed by atoms with Crippen molar-refractivity contribution in [3.8, 4) is 0 Å². The fourth-order valence-corrected chi connectivity index (χ4v) is 6.76. The van der Waals surface area contributed by atoms with Crippen molar-refractivity contribution in [2.45, 2.75) is 43.0 Å². The van der Waals surface area contributed by atoms with Crippen LogP contribution in [0.25, 0.3) is 0 Å². The second-order valence-electron chi connectivity index (χ2n) is 8.28. The van der Waals surface area contributed by atoms with Gasteiger partial charge in [-0.3, -0.25) is 4.79 Å². The van der Waals surface area contributed by atoms with Crippen LogP contribution < -0.4 is 0 Å². The van der Waals surface area contributed by atoms with Gasteiger partial charge >= 0.3 is 0 Å². The molecule has 2 atom stereocenters. The Morgan fingerprint density at radius 1 is 1.07 bits per heavy atom. The average molecular weight is 410 g/mol. The van der Waals surface area contributed by atoms with E-state index in [4.69, 9.17) is 0 Å². The molecule has 3 aliphatic rings. The maximum Gasteiger partial charge on any atom is 0.245 e. The van der Waals surface area contributed by atoms with E-state index in [1.807, 2.05) is 11.9 Å². The predicted molar refractivity (Wildman–Crippen MR) is 104 cm³/mol. The second-order valence-corrected chi connectivity index (χ2v) is 10.2. The third-order valence-electron chi connectivity index (χ3n) is 6.81. The molecule has 0 spiro atoms. The van der Waals surface area contributed by atoms with E-state index >= 15 is 0 Å². The largest absolute Gasteiger partial charge is 0.342 e. The lowest BCUT2D eigenvalue weighted by Crippen LogP contribution is -2.49. The van der Waals surface area contributed by atoms with E-state index < -0.39 is 21.3 Å². The van der Waals surface area contributed by atoms with Crippen molar-refractivity contribution in [3.63, 3.8) is 0 Å². The van der Waals surface area contributed by atoms with E-state index in [-0.39, 0.29) is 23.4 Å². The molecule has 1 aromatic carbocycles. The average Bonchev–Trinajstić information content (AvgIpc) is 3.26. The van der Waals surface area contributed by atoms with Crippen LogP contribution in [0.1, 0.15) is 32.1 Å². The predicted octanol–water partition coefficient (Wildman–Crippen LogP) is 1.92. The second kappa shape index (κ2) is 7.39. The first kappa shape index (κ1) is 19.8. The third kappa shape index (κ3) is 3.15. The molecule has 6 nitrogen and oxygen atoms in total. The van der Waals surface area contributed by atoms with Gasteiger partial charge in [0.05, 0.1) is 5.41 Å². The summed E-state index contributed by atoms with van der Waals surface area (Å²) < 4.78 is 41.7. The van der Waals surface area contributed by atoms with Crippen LogP contribution in [0.5, 0.6) is 0 Å². The zero-order chi connectivity index (χ0) is 19.9. The number of likely N-dealkylation sites (tertiary alicyclic amines) is 2. The fraction of sp³-hybridized carbons (Fsp3) is 0.650. The molecule has 0 radical (unpaired) electrons. The van der Waals surface area contributed by atoms with Gasteiger partial charge < -0.3 is 9.80 Å². The van der Waals surface area contributed by atoms with E-state index in [1.54, 1.807) is 0 Å². The standard InChI is InChI=1S/C20H28FN3O3S/c1-22-14-9-20(19(25)23-11-4-5-12-23)10-15-24(13-8-18(20)22)28(26,27)17-7-3-2-6-16(17)21/h2-3,6-7,18H,4-5,8-15H2,1H3/t18-,20-/m1/s1. The summed E-state index contributed by atoms with van der Waals surface area (Å²) in [4.78, 5) is 17.3. The Labute approximate surface area is 166 Å². The molecule has 4 rings (SSSR count). The molecule has 8 heteroatoms. The van der Waals surface area contributed by atoms with Gasteiger partial charge in [-0.2, -0.15) is 4.31 Å². The number of sulfonamides is 1. The van der Waals surface area contributed by atoms with Crippen LogP contribution in [0.3, 0.4) is 0 Å². The fourth-order valence-electron chi connectivity index (χ4n) is 5.24. The Balaban J connectivity index is 1.62. The molecule has 0 N–H and O–H groups in total. The number of benzene rings is 1. The number of nitrogens with zero attached hydrogens (tertiary/aromatic N) is 3. The van der Waals surface area contributed by atoms with E-state index in [1.165, 1.54) is 28.6 Å². The smallest absolute Gasteiger partial charge is 0.245 e. The van der Waals surface area contributed by atoms with Gasteiger partial charge in [0.2, 0.25) is 15.9 Å². The topological polar surface area (TPSA) is 60.9 Å². The summed E-state index contributed by atoms with van der Waals surface area (Å²) in [7, 11) is -1.90. The highest BCUT2D eigenvalue weighted by molar-refractivity contribution is 7.89. The van der Waals surface area contributed by atoms with Crippen molar-refractivity contribution in [1.29, 1.82) is 0 Å². The van der Waals surface area contributed by atoms with Gasteiger partial charge in [0.15, 0.2) is 0 Å². The molecule has 0 bridgehead atoms. The van der Waals surface area contributed by atoms with Crippen molar-refractivity contribution in [2.24, 2.45) is 5.41 Å². The lowest BCUT2D eigenvalue weighted by atomic mass is 9.75. The van der Waals surface area contributed by atoms with Crippen LogP contribution in [0.2, 0.25) is 0 Å². The summed E-state index contributed by atoms with van der Waals surface area (Å²) in [5, 5.41) is 0. The normalized spacial score (nSPS) is 29.6. The number of hydrogen-bond acceptors (Lipinski definition) is 4. The Kier molecular flexibility index (Phi) is 5.22. The van der Waals surface area contributed by atoms with Gasteiger partial charge in [-0.15, -0.1) is 0 Å². The van der Waals surface area contributed by atoms with Gasteiger partial charge in [0.25, 0.3) is 0 Å². The summed E-state index contributed by atoms with van der Waals surface area (Å²) in [6.07, 6.45) is 3.91. The summed E-state index contributed by atoms with van der Waals surface area (Å²) in [6.45, 7) is 3.01. The highest BCUT2D eigenvalue weighted by Crippen LogP contribution is 2.45. The van der Waals surface area contributed by atoms with E-state index in [2.05, 4.69) is 4.90 Å². The van der Waals surface area contributed by atoms with Crippen LogP contribution in [-0.2, 0) is 14.8 Å². The number of hydrogen-bond donors (Lipinski definition) is 0. The van der Waals surface area contributed by atoms with Crippen molar-refractivity contribution < 1.29 is 17.6 Å².